The number of hydrogen-bond donors (Lipinski definition) is 0. The van der Waals surface area contributed by atoms with Gasteiger partial charge in [0.2, 0.25) is 0 Å². The Labute approximate surface area is 217 Å². The van der Waals surface area contributed by atoms with Gasteiger partial charge in [-0.1, -0.05) is 62.1 Å². The minimum absolute atomic E-state index is 0.132. The van der Waals surface area contributed by atoms with Crippen LogP contribution < -0.4 is 4.74 Å². The van der Waals surface area contributed by atoms with Crippen molar-refractivity contribution in [3.8, 4) is 16.9 Å². The maximum Gasteiger partial charge on any atom is 0.145 e. The molecule has 4 rings (SSSR count). The maximum absolute atomic E-state index is 15.2. The summed E-state index contributed by atoms with van der Waals surface area (Å²) in [5.41, 5.74) is 0.773. The lowest BCUT2D eigenvalue weighted by Gasteiger charge is -2.12. The normalized spacial score (nSPS) is 11.3. The number of halogens is 6. The lowest BCUT2D eigenvalue weighted by atomic mass is 9.96. The molecule has 37 heavy (non-hydrogen) atoms. The third-order valence-corrected chi connectivity index (χ3v) is 6.69. The molecule has 0 saturated heterocycles. The van der Waals surface area contributed by atoms with Crippen LogP contribution in [0.2, 0.25) is 5.02 Å². The summed E-state index contributed by atoms with van der Waals surface area (Å²) < 4.78 is 77.8. The van der Waals surface area contributed by atoms with Gasteiger partial charge in [0, 0.05) is 17.5 Å². The number of benzene rings is 4. The van der Waals surface area contributed by atoms with Crippen LogP contribution in [-0.2, 0) is 12.8 Å². The highest BCUT2D eigenvalue weighted by Gasteiger charge is 2.16. The number of aryl methyl sites for hydroxylation is 2. The van der Waals surface area contributed by atoms with E-state index in [1.165, 1.54) is 18.2 Å². The van der Waals surface area contributed by atoms with Crippen LogP contribution in [0.5, 0.6) is 5.75 Å². The molecule has 0 atom stereocenters. The second-order valence-corrected chi connectivity index (χ2v) is 9.40. The lowest BCUT2D eigenvalue weighted by molar-refractivity contribution is 0.302. The van der Waals surface area contributed by atoms with E-state index in [-0.39, 0.29) is 35.1 Å². The third-order valence-electron chi connectivity index (χ3n) is 6.33. The van der Waals surface area contributed by atoms with Crippen molar-refractivity contribution in [2.75, 3.05) is 6.61 Å². The molecule has 0 fully saturated rings. The van der Waals surface area contributed by atoms with Crippen molar-refractivity contribution < 1.29 is 26.7 Å². The zero-order valence-electron chi connectivity index (χ0n) is 20.3. The van der Waals surface area contributed by atoms with Gasteiger partial charge in [-0.2, -0.15) is 0 Å². The fraction of sp³-hybridized carbons (Fsp3) is 0.267. The van der Waals surface area contributed by atoms with Gasteiger partial charge >= 0.3 is 0 Å². The van der Waals surface area contributed by atoms with E-state index in [9.17, 15) is 17.6 Å². The largest absolute Gasteiger partial charge is 0.493 e. The van der Waals surface area contributed by atoms with Crippen LogP contribution in [0.25, 0.3) is 21.9 Å². The van der Waals surface area contributed by atoms with E-state index >= 15 is 4.39 Å². The van der Waals surface area contributed by atoms with Gasteiger partial charge in [-0.25, -0.2) is 22.0 Å². The van der Waals surface area contributed by atoms with Crippen molar-refractivity contribution in [1.29, 1.82) is 0 Å². The molecule has 1 nitrogen and oxygen atoms in total. The molecule has 0 N–H and O–H groups in total. The first-order chi connectivity index (χ1) is 17.8. The van der Waals surface area contributed by atoms with E-state index in [2.05, 4.69) is 6.92 Å². The summed E-state index contributed by atoms with van der Waals surface area (Å²) in [5.74, 6) is -3.62. The summed E-state index contributed by atoms with van der Waals surface area (Å²) in [6, 6.07) is 12.3. The fourth-order valence-corrected chi connectivity index (χ4v) is 4.45. The van der Waals surface area contributed by atoms with Crippen LogP contribution in [0.1, 0.15) is 43.7 Å². The molecule has 0 bridgehead atoms. The molecule has 4 aromatic carbocycles. The van der Waals surface area contributed by atoms with Crippen molar-refractivity contribution in [3.63, 3.8) is 0 Å². The monoisotopic (exact) mass is 532 g/mol. The first kappa shape index (κ1) is 26.9. The molecule has 0 saturated carbocycles. The average Bonchev–Trinajstić information content (AvgIpc) is 2.86. The molecule has 7 heteroatoms. The van der Waals surface area contributed by atoms with Gasteiger partial charge in [0.1, 0.15) is 39.9 Å². The van der Waals surface area contributed by atoms with Gasteiger partial charge in [0.05, 0.1) is 12.2 Å². The van der Waals surface area contributed by atoms with E-state index in [1.807, 2.05) is 0 Å². The van der Waals surface area contributed by atoms with Crippen LogP contribution in [0, 0.1) is 29.1 Å². The Bertz CT molecular complexity index is 1370. The number of rotatable bonds is 10. The Morgan fingerprint density at radius 3 is 2.11 bits per heavy atom. The van der Waals surface area contributed by atoms with Crippen LogP contribution in [0.4, 0.5) is 22.0 Å². The molecule has 0 aliphatic carbocycles. The second-order valence-electron chi connectivity index (χ2n) is 9.02. The van der Waals surface area contributed by atoms with E-state index < -0.39 is 34.1 Å². The minimum atomic E-state index is -0.866. The quantitative estimate of drug-likeness (QED) is 0.112. The second kappa shape index (κ2) is 12.0. The Morgan fingerprint density at radius 2 is 1.43 bits per heavy atom. The molecule has 0 radical (unpaired) electrons. The molecule has 0 aliphatic rings. The lowest BCUT2D eigenvalue weighted by Crippen LogP contribution is -2.00. The van der Waals surface area contributed by atoms with Crippen LogP contribution in [0.3, 0.4) is 0 Å². The standard InChI is InChI=1S/C30H26ClF5O/c1-2-3-4-5-12-37-22-16-24(32)28(25(33)17-22)21-10-11-23-20(15-21)9-8-19(30(23)36)7-6-18-13-26(34)29(31)27(35)14-18/h8-11,13-17H,2-7,12H2,1H3. The molecular weight excluding hydrogens is 507 g/mol. The highest BCUT2D eigenvalue weighted by molar-refractivity contribution is 6.30. The van der Waals surface area contributed by atoms with Crippen molar-refractivity contribution in [3.05, 3.63) is 99.8 Å². The molecule has 0 unspecified atom stereocenters. The molecule has 194 valence electrons. The fourth-order valence-electron chi connectivity index (χ4n) is 4.34. The summed E-state index contributed by atoms with van der Waals surface area (Å²) in [5, 5.41) is 0.175. The molecule has 0 amide bonds. The number of ether oxygens (including phenoxy) is 1. The first-order valence-electron chi connectivity index (χ1n) is 12.2. The maximum atomic E-state index is 15.2. The Hall–Kier alpha value is -3.12. The Balaban J connectivity index is 1.53. The van der Waals surface area contributed by atoms with Crippen LogP contribution in [-0.4, -0.2) is 6.61 Å². The highest BCUT2D eigenvalue weighted by Crippen LogP contribution is 2.33. The third kappa shape index (κ3) is 6.24. The van der Waals surface area contributed by atoms with Gasteiger partial charge < -0.3 is 4.74 Å². The van der Waals surface area contributed by atoms with Crippen LogP contribution in [0.15, 0.2) is 54.6 Å². The van der Waals surface area contributed by atoms with Crippen LogP contribution >= 0.6 is 11.6 Å². The number of unbranched alkanes of at least 4 members (excludes halogenated alkanes) is 3. The first-order valence-corrected chi connectivity index (χ1v) is 12.6. The predicted molar refractivity (Wildman–Crippen MR) is 138 cm³/mol. The van der Waals surface area contributed by atoms with Crippen molar-refractivity contribution in [1.82, 2.24) is 0 Å². The predicted octanol–water partition coefficient (Wildman–Crippen LogP) is 9.60. The summed E-state index contributed by atoms with van der Waals surface area (Å²) in [6.45, 7) is 2.48. The Morgan fingerprint density at radius 1 is 0.730 bits per heavy atom. The minimum Gasteiger partial charge on any atom is -0.493 e. The topological polar surface area (TPSA) is 9.23 Å². The highest BCUT2D eigenvalue weighted by atomic mass is 35.5. The van der Waals surface area contributed by atoms with E-state index in [0.717, 1.165) is 49.9 Å². The van der Waals surface area contributed by atoms with Gasteiger partial charge in [0.25, 0.3) is 0 Å². The van der Waals surface area contributed by atoms with Gasteiger partial charge in [-0.3, -0.25) is 0 Å². The Kier molecular flexibility index (Phi) is 8.70. The van der Waals surface area contributed by atoms with E-state index in [1.54, 1.807) is 12.1 Å². The molecule has 4 aromatic rings. The van der Waals surface area contributed by atoms with Crippen molar-refractivity contribution in [2.24, 2.45) is 0 Å². The van der Waals surface area contributed by atoms with E-state index in [4.69, 9.17) is 16.3 Å². The molecular formula is C30H26ClF5O. The molecule has 0 aliphatic heterocycles. The van der Waals surface area contributed by atoms with Crippen molar-refractivity contribution >= 4 is 22.4 Å². The summed E-state index contributed by atoms with van der Waals surface area (Å²) in [4.78, 5) is 0. The molecule has 0 spiro atoms. The zero-order valence-corrected chi connectivity index (χ0v) is 21.1. The molecule has 0 aromatic heterocycles. The smallest absolute Gasteiger partial charge is 0.145 e. The van der Waals surface area contributed by atoms with Crippen molar-refractivity contribution in [2.45, 2.75) is 45.4 Å². The summed E-state index contributed by atoms with van der Waals surface area (Å²) in [6.07, 6.45) is 4.37. The summed E-state index contributed by atoms with van der Waals surface area (Å²) in [7, 11) is 0. The number of hydrogen-bond acceptors (Lipinski definition) is 1. The number of fused-ring (bicyclic) bond motifs is 1. The van der Waals surface area contributed by atoms with Gasteiger partial charge in [-0.15, -0.1) is 0 Å². The summed E-state index contributed by atoms with van der Waals surface area (Å²) >= 11 is 5.51. The van der Waals surface area contributed by atoms with Gasteiger partial charge in [-0.05, 0) is 59.5 Å². The SMILES string of the molecule is CCCCCCOc1cc(F)c(-c2ccc3c(F)c(CCc4cc(F)c(Cl)c(F)c4)ccc3c2)c(F)c1. The molecule has 0 heterocycles. The zero-order chi connectivity index (χ0) is 26.5. The van der Waals surface area contributed by atoms with E-state index in [0.29, 0.717) is 23.1 Å². The average molecular weight is 533 g/mol. The van der Waals surface area contributed by atoms with Gasteiger partial charge in [0.15, 0.2) is 0 Å².